The van der Waals surface area contributed by atoms with Crippen molar-refractivity contribution in [3.8, 4) is 0 Å². The Labute approximate surface area is 91.5 Å². The lowest BCUT2D eigenvalue weighted by Crippen LogP contribution is -2.39. The number of nitrogens with zero attached hydrogens (tertiary/aromatic N) is 1. The summed E-state index contributed by atoms with van der Waals surface area (Å²) in [6, 6.07) is -0.0285. The van der Waals surface area contributed by atoms with Crippen LogP contribution in [0.4, 0.5) is 8.78 Å². The maximum Gasteiger partial charge on any atom is 0.285 e. The van der Waals surface area contributed by atoms with E-state index < -0.39 is 17.8 Å². The number of rotatable bonds is 0. The van der Waals surface area contributed by atoms with Crippen LogP contribution >= 0.6 is 0 Å². The van der Waals surface area contributed by atoms with Gasteiger partial charge in [-0.1, -0.05) is 0 Å². The van der Waals surface area contributed by atoms with E-state index in [9.17, 15) is 13.9 Å². The topological polar surface area (TPSA) is 67.8 Å². The molecule has 3 N–H and O–H groups in total. The van der Waals surface area contributed by atoms with Gasteiger partial charge in [0.2, 0.25) is 5.92 Å². The van der Waals surface area contributed by atoms with Crippen LogP contribution in [0.3, 0.4) is 0 Å². The monoisotopic (exact) mass is 232 g/mol. The van der Waals surface area contributed by atoms with Gasteiger partial charge >= 0.3 is 0 Å². The normalized spacial score (nSPS) is 49.2. The van der Waals surface area contributed by atoms with E-state index in [1.807, 2.05) is 0 Å². The fraction of sp³-hybridized carbons (Fsp3) is 0.900. The molecular weight excluding hydrogens is 218 g/mol. The highest BCUT2D eigenvalue weighted by Gasteiger charge is 2.60. The van der Waals surface area contributed by atoms with Gasteiger partial charge in [0.05, 0.1) is 0 Å². The zero-order chi connectivity index (χ0) is 11.6. The van der Waals surface area contributed by atoms with Crippen molar-refractivity contribution < 1.29 is 18.6 Å². The molecule has 3 rings (SSSR count). The van der Waals surface area contributed by atoms with Gasteiger partial charge in [0, 0.05) is 12.8 Å². The van der Waals surface area contributed by atoms with Crippen LogP contribution in [0.15, 0.2) is 4.99 Å². The summed E-state index contributed by atoms with van der Waals surface area (Å²) in [5, 5.41) is 9.76. The Morgan fingerprint density at radius 1 is 1.25 bits per heavy atom. The molecular formula is C10H14F2N2O2. The van der Waals surface area contributed by atoms with E-state index in [0.717, 1.165) is 0 Å². The Kier molecular flexibility index (Phi) is 1.83. The van der Waals surface area contributed by atoms with Gasteiger partial charge in [-0.2, -0.15) is 4.99 Å². The van der Waals surface area contributed by atoms with E-state index in [0.29, 0.717) is 12.8 Å². The van der Waals surface area contributed by atoms with Crippen LogP contribution in [0.1, 0.15) is 25.7 Å². The zero-order valence-corrected chi connectivity index (χ0v) is 8.70. The summed E-state index contributed by atoms with van der Waals surface area (Å²) in [5.74, 6) is -2.70. The van der Waals surface area contributed by atoms with Gasteiger partial charge in [-0.05, 0) is 24.7 Å². The Morgan fingerprint density at radius 3 is 2.25 bits per heavy atom. The molecule has 2 unspecified atom stereocenters. The molecule has 0 bridgehead atoms. The maximum absolute atomic E-state index is 13.2. The van der Waals surface area contributed by atoms with Gasteiger partial charge in [-0.3, -0.25) is 0 Å². The average molecular weight is 232 g/mol. The first-order valence-corrected chi connectivity index (χ1v) is 5.48. The molecule has 0 aromatic heterocycles. The molecule has 16 heavy (non-hydrogen) atoms. The number of halogens is 2. The maximum atomic E-state index is 13.2. The van der Waals surface area contributed by atoms with Crippen LogP contribution in [-0.2, 0) is 4.74 Å². The van der Waals surface area contributed by atoms with E-state index in [4.69, 9.17) is 10.5 Å². The highest BCUT2D eigenvalue weighted by atomic mass is 19.3. The molecule has 0 saturated heterocycles. The third-order valence-electron chi connectivity index (χ3n) is 4.03. The van der Waals surface area contributed by atoms with Gasteiger partial charge < -0.3 is 15.6 Å². The molecule has 2 saturated carbocycles. The fourth-order valence-electron chi connectivity index (χ4n) is 3.45. The van der Waals surface area contributed by atoms with E-state index in [-0.39, 0.29) is 30.7 Å². The number of alkyl halides is 2. The van der Waals surface area contributed by atoms with E-state index >= 15 is 0 Å². The van der Waals surface area contributed by atoms with Crippen molar-refractivity contribution in [1.29, 1.82) is 0 Å². The molecule has 6 heteroatoms. The first-order valence-electron chi connectivity index (χ1n) is 5.48. The minimum Gasteiger partial charge on any atom is -0.454 e. The first-order chi connectivity index (χ1) is 7.40. The van der Waals surface area contributed by atoms with Gasteiger partial charge in [-0.15, -0.1) is 0 Å². The number of aliphatic hydroxyl groups is 1. The largest absolute Gasteiger partial charge is 0.454 e. The van der Waals surface area contributed by atoms with Gasteiger partial charge in [0.25, 0.3) is 6.02 Å². The summed E-state index contributed by atoms with van der Waals surface area (Å²) in [6.07, 6.45) is -0.339. The number of fused-ring (bicyclic) bond motifs is 1. The van der Waals surface area contributed by atoms with E-state index in [2.05, 4.69) is 4.99 Å². The predicted molar refractivity (Wildman–Crippen MR) is 51.8 cm³/mol. The molecule has 1 spiro atoms. The lowest BCUT2D eigenvalue weighted by molar-refractivity contribution is -0.0508. The summed E-state index contributed by atoms with van der Waals surface area (Å²) in [7, 11) is 0. The molecule has 4 atom stereocenters. The number of amidine groups is 1. The number of aliphatic imine (C=N–C) groups is 1. The molecule has 0 radical (unpaired) electrons. The fourth-order valence-corrected chi connectivity index (χ4v) is 3.45. The zero-order valence-electron chi connectivity index (χ0n) is 8.70. The quantitative estimate of drug-likeness (QED) is 0.650. The lowest BCUT2D eigenvalue weighted by atomic mass is 9.96. The van der Waals surface area contributed by atoms with Crippen LogP contribution in [-0.4, -0.2) is 28.9 Å². The Balaban J connectivity index is 1.77. The van der Waals surface area contributed by atoms with E-state index in [1.165, 1.54) is 0 Å². The molecule has 90 valence electrons. The Bertz CT molecular complexity index is 343. The van der Waals surface area contributed by atoms with Crippen molar-refractivity contribution in [3.63, 3.8) is 0 Å². The summed E-state index contributed by atoms with van der Waals surface area (Å²) >= 11 is 0. The second-order valence-corrected chi connectivity index (χ2v) is 5.20. The van der Waals surface area contributed by atoms with Gasteiger partial charge in [0.1, 0.15) is 0 Å². The third kappa shape index (κ3) is 1.32. The average Bonchev–Trinajstić information content (AvgIpc) is 2.62. The molecule has 1 heterocycles. The van der Waals surface area contributed by atoms with Crippen molar-refractivity contribution in [2.75, 3.05) is 0 Å². The molecule has 0 amide bonds. The highest BCUT2D eigenvalue weighted by molar-refractivity contribution is 5.74. The van der Waals surface area contributed by atoms with Crippen molar-refractivity contribution >= 4 is 6.02 Å². The molecule has 1 aliphatic heterocycles. The predicted octanol–water partition coefficient (Wildman–Crippen LogP) is 0.844. The standard InChI is InChI=1S/C10H14F2N2O2/c11-10(12)3-5-1-9(2-6(5)4-10)7(15)14-8(13)16-9/h5-7,15H,1-4H2,(H2,13,14)/t5-,6+,7?,9?. The number of hydrogen-bond acceptors (Lipinski definition) is 4. The smallest absolute Gasteiger partial charge is 0.285 e. The second kappa shape index (κ2) is 2.85. The van der Waals surface area contributed by atoms with Crippen LogP contribution in [0.2, 0.25) is 0 Å². The number of aliphatic hydroxyl groups excluding tert-OH is 1. The molecule has 4 nitrogen and oxygen atoms in total. The minimum absolute atomic E-state index is 0.0285. The van der Waals surface area contributed by atoms with Crippen molar-refractivity contribution in [2.24, 2.45) is 22.6 Å². The molecule has 0 aromatic carbocycles. The van der Waals surface area contributed by atoms with Crippen molar-refractivity contribution in [1.82, 2.24) is 0 Å². The SMILES string of the molecule is NC1=NC(O)C2(C[C@H]3CC(F)(F)C[C@H]3C2)O1. The minimum atomic E-state index is -2.55. The van der Waals surface area contributed by atoms with Crippen LogP contribution in [0.25, 0.3) is 0 Å². The Morgan fingerprint density at radius 2 is 1.81 bits per heavy atom. The summed E-state index contributed by atoms with van der Waals surface area (Å²) < 4.78 is 31.7. The van der Waals surface area contributed by atoms with Gasteiger partial charge in [-0.25, -0.2) is 8.78 Å². The number of ether oxygens (including phenoxy) is 1. The van der Waals surface area contributed by atoms with E-state index in [1.54, 1.807) is 0 Å². The molecule has 0 aromatic rings. The third-order valence-corrected chi connectivity index (χ3v) is 4.03. The second-order valence-electron chi connectivity index (χ2n) is 5.20. The summed E-state index contributed by atoms with van der Waals surface area (Å²) in [6.45, 7) is 0. The van der Waals surface area contributed by atoms with Gasteiger partial charge in [0.15, 0.2) is 11.8 Å². The van der Waals surface area contributed by atoms with Crippen molar-refractivity contribution in [3.05, 3.63) is 0 Å². The molecule has 3 aliphatic rings. The number of nitrogens with two attached hydrogens (primary N) is 1. The van der Waals surface area contributed by atoms with Crippen LogP contribution < -0.4 is 5.73 Å². The Hall–Kier alpha value is -0.910. The summed E-state index contributed by atoms with van der Waals surface area (Å²) in [5.41, 5.74) is 4.58. The number of hydrogen-bond donors (Lipinski definition) is 2. The van der Waals surface area contributed by atoms with Crippen LogP contribution in [0.5, 0.6) is 0 Å². The summed E-state index contributed by atoms with van der Waals surface area (Å²) in [4.78, 5) is 3.73. The molecule has 2 aliphatic carbocycles. The first kappa shape index (κ1) is 10.3. The molecule has 2 fully saturated rings. The highest BCUT2D eigenvalue weighted by Crippen LogP contribution is 2.57. The van der Waals surface area contributed by atoms with Crippen molar-refractivity contribution in [2.45, 2.75) is 43.4 Å². The van der Waals surface area contributed by atoms with Crippen LogP contribution in [0, 0.1) is 11.8 Å². The lowest BCUT2D eigenvalue weighted by Gasteiger charge is -2.27.